The molecule has 4 N–H and O–H groups in total. The van der Waals surface area contributed by atoms with Crippen molar-refractivity contribution >= 4 is 38.6 Å². The molecule has 0 bridgehead atoms. The predicted molar refractivity (Wildman–Crippen MR) is 132 cm³/mol. The summed E-state index contributed by atoms with van der Waals surface area (Å²) in [6.07, 6.45) is 0.496. The Morgan fingerprint density at radius 1 is 0.971 bits per heavy atom. The Morgan fingerprint density at radius 3 is 2.41 bits per heavy atom. The van der Waals surface area contributed by atoms with E-state index in [-0.39, 0.29) is 10.5 Å². The Morgan fingerprint density at radius 2 is 1.71 bits per heavy atom. The summed E-state index contributed by atoms with van der Waals surface area (Å²) in [5.41, 5.74) is 8.00. The predicted octanol–water partition coefficient (Wildman–Crippen LogP) is 2.68. The van der Waals surface area contributed by atoms with Crippen molar-refractivity contribution in [2.24, 2.45) is 10.9 Å². The van der Waals surface area contributed by atoms with Gasteiger partial charge < -0.3 is 5.73 Å². The fraction of sp³-hybridized carbons (Fsp3) is 0.125. The minimum absolute atomic E-state index is 0.0372. The molecular formula is C24H22N4O4S2. The van der Waals surface area contributed by atoms with Crippen LogP contribution >= 0.6 is 11.8 Å². The number of amides is 1. The molecule has 4 rings (SSSR count). The summed E-state index contributed by atoms with van der Waals surface area (Å²) < 4.78 is 24.6. The molecule has 4 aromatic rings. The third-order valence-electron chi connectivity index (χ3n) is 5.28. The Bertz CT molecular complexity index is 1530. The summed E-state index contributed by atoms with van der Waals surface area (Å²) in [5.74, 6) is -0.00404. The van der Waals surface area contributed by atoms with Crippen molar-refractivity contribution in [3.05, 3.63) is 99.8 Å². The third kappa shape index (κ3) is 5.36. The lowest BCUT2D eigenvalue weighted by atomic mass is 10.1. The largest absolute Gasteiger partial charge is 0.366 e. The zero-order chi connectivity index (χ0) is 24.3. The van der Waals surface area contributed by atoms with Crippen molar-refractivity contribution in [1.82, 2.24) is 9.55 Å². The van der Waals surface area contributed by atoms with Gasteiger partial charge in [0, 0.05) is 17.9 Å². The van der Waals surface area contributed by atoms with E-state index in [1.54, 1.807) is 53.1 Å². The number of hydrogen-bond acceptors (Lipinski definition) is 6. The van der Waals surface area contributed by atoms with E-state index in [0.29, 0.717) is 40.3 Å². The minimum atomic E-state index is -3.76. The quantitative estimate of drug-likeness (QED) is 0.285. The molecule has 34 heavy (non-hydrogen) atoms. The van der Waals surface area contributed by atoms with Crippen molar-refractivity contribution < 1.29 is 13.2 Å². The van der Waals surface area contributed by atoms with Crippen molar-refractivity contribution in [3.8, 4) is 0 Å². The van der Waals surface area contributed by atoms with Gasteiger partial charge in [-0.1, -0.05) is 48.2 Å². The summed E-state index contributed by atoms with van der Waals surface area (Å²) in [6.45, 7) is 0.356. The van der Waals surface area contributed by atoms with Gasteiger partial charge in [0.15, 0.2) is 5.16 Å². The third-order valence-corrected chi connectivity index (χ3v) is 7.26. The number of carbonyl (C=O) groups is 1. The Balaban J connectivity index is 1.63. The van der Waals surface area contributed by atoms with Gasteiger partial charge in [0.05, 0.1) is 15.8 Å². The van der Waals surface area contributed by atoms with Crippen LogP contribution < -0.4 is 16.4 Å². The SMILES string of the molecule is NC(=O)c1cccc(CSc2nc3ccccc3c(=O)n2CCc2ccc(S(N)(=O)=O)cc2)c1. The van der Waals surface area contributed by atoms with E-state index in [1.165, 1.54) is 23.9 Å². The molecule has 0 atom stereocenters. The van der Waals surface area contributed by atoms with Crippen LogP contribution in [-0.4, -0.2) is 23.9 Å². The second-order valence-corrected chi connectivity index (χ2v) is 10.2. The van der Waals surface area contributed by atoms with E-state index in [0.717, 1.165) is 11.1 Å². The first kappa shape index (κ1) is 23.7. The average Bonchev–Trinajstić information content (AvgIpc) is 2.82. The zero-order valence-corrected chi connectivity index (χ0v) is 19.7. The molecule has 0 radical (unpaired) electrons. The Hall–Kier alpha value is -3.47. The van der Waals surface area contributed by atoms with Gasteiger partial charge in [-0.15, -0.1) is 0 Å². The smallest absolute Gasteiger partial charge is 0.262 e. The highest BCUT2D eigenvalue weighted by Gasteiger charge is 2.13. The molecule has 0 saturated carbocycles. The lowest BCUT2D eigenvalue weighted by Crippen LogP contribution is -2.24. The van der Waals surface area contributed by atoms with Crippen molar-refractivity contribution in [3.63, 3.8) is 0 Å². The molecule has 10 heteroatoms. The van der Waals surface area contributed by atoms with Crippen molar-refractivity contribution in [2.75, 3.05) is 0 Å². The molecule has 1 amide bonds. The molecule has 0 spiro atoms. The first-order valence-corrected chi connectivity index (χ1v) is 12.9. The van der Waals surface area contributed by atoms with Gasteiger partial charge in [-0.3, -0.25) is 14.2 Å². The van der Waals surface area contributed by atoms with Gasteiger partial charge in [0.25, 0.3) is 5.56 Å². The number of rotatable bonds is 8. The number of primary sulfonamides is 1. The summed E-state index contributed by atoms with van der Waals surface area (Å²) in [5, 5.41) is 6.23. The molecule has 0 unspecified atom stereocenters. The van der Waals surface area contributed by atoms with Gasteiger partial charge >= 0.3 is 0 Å². The molecule has 3 aromatic carbocycles. The highest BCUT2D eigenvalue weighted by atomic mass is 32.2. The van der Waals surface area contributed by atoms with Crippen LogP contribution in [0.25, 0.3) is 10.9 Å². The first-order chi connectivity index (χ1) is 16.2. The number of hydrogen-bond donors (Lipinski definition) is 2. The molecular weight excluding hydrogens is 472 g/mol. The van der Waals surface area contributed by atoms with Crippen molar-refractivity contribution in [2.45, 2.75) is 28.8 Å². The van der Waals surface area contributed by atoms with Crippen LogP contribution in [0.2, 0.25) is 0 Å². The monoisotopic (exact) mass is 494 g/mol. The van der Waals surface area contributed by atoms with E-state index >= 15 is 0 Å². The molecule has 1 heterocycles. The van der Waals surface area contributed by atoms with Crippen molar-refractivity contribution in [1.29, 1.82) is 0 Å². The van der Waals surface area contributed by atoms with E-state index in [1.807, 2.05) is 12.1 Å². The molecule has 0 aliphatic carbocycles. The molecule has 0 aliphatic rings. The Labute approximate surface area is 200 Å². The van der Waals surface area contributed by atoms with E-state index < -0.39 is 15.9 Å². The number of aromatic nitrogens is 2. The standard InChI is InChI=1S/C24H22N4O4S2/c25-22(29)18-5-3-4-17(14-18)15-33-24-27-21-7-2-1-6-20(21)23(30)28(24)13-12-16-8-10-19(11-9-16)34(26,31)32/h1-11,14H,12-13,15H2,(H2,25,29)(H2,26,31,32). The maximum absolute atomic E-state index is 13.3. The number of primary amides is 1. The highest BCUT2D eigenvalue weighted by Crippen LogP contribution is 2.23. The van der Waals surface area contributed by atoms with Gasteiger partial charge in [-0.05, 0) is 53.9 Å². The number of para-hydroxylation sites is 1. The molecule has 8 nitrogen and oxygen atoms in total. The summed E-state index contributed by atoms with van der Waals surface area (Å²) >= 11 is 1.39. The average molecular weight is 495 g/mol. The van der Waals surface area contributed by atoms with Gasteiger partial charge in [-0.2, -0.15) is 0 Å². The lowest BCUT2D eigenvalue weighted by Gasteiger charge is -2.13. The fourth-order valence-electron chi connectivity index (χ4n) is 3.50. The summed E-state index contributed by atoms with van der Waals surface area (Å²) in [4.78, 5) is 29.5. The van der Waals surface area contributed by atoms with Crippen LogP contribution in [0.15, 0.2) is 87.6 Å². The number of benzene rings is 3. The molecule has 0 fully saturated rings. The molecule has 174 valence electrons. The summed E-state index contributed by atoms with van der Waals surface area (Å²) in [6, 6.07) is 20.5. The number of nitrogens with zero attached hydrogens (tertiary/aromatic N) is 2. The molecule has 1 aromatic heterocycles. The maximum atomic E-state index is 13.3. The molecule has 0 aliphatic heterocycles. The first-order valence-electron chi connectivity index (χ1n) is 10.4. The number of nitrogens with two attached hydrogens (primary N) is 2. The van der Waals surface area contributed by atoms with Crippen LogP contribution in [0.5, 0.6) is 0 Å². The topological polar surface area (TPSA) is 138 Å². The van der Waals surface area contributed by atoms with Crippen LogP contribution in [0.4, 0.5) is 0 Å². The van der Waals surface area contributed by atoms with Crippen LogP contribution in [0, 0.1) is 0 Å². The van der Waals surface area contributed by atoms with Gasteiger partial charge in [-0.25, -0.2) is 18.5 Å². The molecule has 0 saturated heterocycles. The highest BCUT2D eigenvalue weighted by molar-refractivity contribution is 7.98. The Kier molecular flexibility index (Phi) is 6.82. The van der Waals surface area contributed by atoms with Crippen LogP contribution in [0.1, 0.15) is 21.5 Å². The van der Waals surface area contributed by atoms with Gasteiger partial charge in [0.1, 0.15) is 0 Å². The van der Waals surface area contributed by atoms with Gasteiger partial charge in [0.2, 0.25) is 15.9 Å². The lowest BCUT2D eigenvalue weighted by molar-refractivity contribution is 0.1000. The van der Waals surface area contributed by atoms with E-state index in [9.17, 15) is 18.0 Å². The summed E-state index contributed by atoms with van der Waals surface area (Å²) in [7, 11) is -3.76. The van der Waals surface area contributed by atoms with Crippen LogP contribution in [-0.2, 0) is 28.7 Å². The number of aryl methyl sites for hydroxylation is 1. The second kappa shape index (κ2) is 9.80. The zero-order valence-electron chi connectivity index (χ0n) is 18.0. The minimum Gasteiger partial charge on any atom is -0.366 e. The van der Waals surface area contributed by atoms with Crippen LogP contribution in [0.3, 0.4) is 0 Å². The number of carbonyl (C=O) groups excluding carboxylic acids is 1. The number of sulfonamides is 1. The van der Waals surface area contributed by atoms with E-state index in [4.69, 9.17) is 15.9 Å². The normalized spacial score (nSPS) is 11.6. The maximum Gasteiger partial charge on any atom is 0.262 e. The van der Waals surface area contributed by atoms with E-state index in [2.05, 4.69) is 0 Å². The second-order valence-electron chi connectivity index (χ2n) is 7.66. The number of thioether (sulfide) groups is 1. The number of fused-ring (bicyclic) bond motifs is 1. The fourth-order valence-corrected chi connectivity index (χ4v) is 4.99.